The zero-order chi connectivity index (χ0) is 21.3. The monoisotopic (exact) mass is 400 g/mol. The standard InChI is InChI=1S/C24H24N4O2/c1-3-4-6-16-7-5-8-18(13-16)28-20(29)14-19-21(22(25)30)26-23(27-24(19)28)17-11-9-15(2)10-12-17/h5,7-13H,3-4,6,14H2,1-2H3,(H2,25,30). The van der Waals surface area contributed by atoms with Crippen molar-refractivity contribution in [1.82, 2.24) is 9.97 Å². The van der Waals surface area contributed by atoms with Crippen LogP contribution in [0.15, 0.2) is 48.5 Å². The molecule has 2 aromatic carbocycles. The number of hydrogen-bond donors (Lipinski definition) is 1. The molecule has 6 nitrogen and oxygen atoms in total. The summed E-state index contributed by atoms with van der Waals surface area (Å²) in [6.07, 6.45) is 3.19. The van der Waals surface area contributed by atoms with Gasteiger partial charge in [0, 0.05) is 11.1 Å². The van der Waals surface area contributed by atoms with Gasteiger partial charge in [0.15, 0.2) is 5.82 Å². The van der Waals surface area contributed by atoms with E-state index in [-0.39, 0.29) is 18.0 Å². The van der Waals surface area contributed by atoms with Crippen LogP contribution in [0.25, 0.3) is 11.4 Å². The van der Waals surface area contributed by atoms with Crippen LogP contribution in [0, 0.1) is 6.92 Å². The normalized spacial score (nSPS) is 12.9. The Labute approximate surface area is 175 Å². The fraction of sp³-hybridized carbons (Fsp3) is 0.250. The van der Waals surface area contributed by atoms with E-state index in [0.717, 1.165) is 36.1 Å². The lowest BCUT2D eigenvalue weighted by atomic mass is 10.1. The molecule has 1 aliphatic rings. The molecule has 0 fully saturated rings. The molecule has 0 bridgehead atoms. The number of rotatable bonds is 6. The second kappa shape index (κ2) is 8.06. The van der Waals surface area contributed by atoms with Crippen molar-refractivity contribution in [1.29, 1.82) is 0 Å². The highest BCUT2D eigenvalue weighted by Crippen LogP contribution is 2.37. The number of primary amides is 1. The summed E-state index contributed by atoms with van der Waals surface area (Å²) in [4.78, 5) is 35.7. The molecule has 0 radical (unpaired) electrons. The van der Waals surface area contributed by atoms with Gasteiger partial charge in [-0.25, -0.2) is 9.97 Å². The van der Waals surface area contributed by atoms with Crippen LogP contribution in [0.2, 0.25) is 0 Å². The third-order valence-electron chi connectivity index (χ3n) is 5.31. The average Bonchev–Trinajstić information content (AvgIpc) is 3.07. The van der Waals surface area contributed by atoms with Gasteiger partial charge in [-0.3, -0.25) is 14.5 Å². The van der Waals surface area contributed by atoms with Crippen LogP contribution >= 0.6 is 0 Å². The Morgan fingerprint density at radius 2 is 1.90 bits per heavy atom. The van der Waals surface area contributed by atoms with Gasteiger partial charge in [0.2, 0.25) is 5.91 Å². The van der Waals surface area contributed by atoms with E-state index >= 15 is 0 Å². The first kappa shape index (κ1) is 19.8. The lowest BCUT2D eigenvalue weighted by Crippen LogP contribution is -2.22. The Kier molecular flexibility index (Phi) is 5.31. The lowest BCUT2D eigenvalue weighted by Gasteiger charge is -2.18. The minimum absolute atomic E-state index is 0.0565. The predicted molar refractivity (Wildman–Crippen MR) is 117 cm³/mol. The minimum Gasteiger partial charge on any atom is -0.364 e. The number of unbranched alkanes of at least 4 members (excludes halogenated alkanes) is 1. The van der Waals surface area contributed by atoms with Crippen molar-refractivity contribution in [3.05, 3.63) is 70.9 Å². The molecule has 152 valence electrons. The summed E-state index contributed by atoms with van der Waals surface area (Å²) < 4.78 is 0. The Morgan fingerprint density at radius 3 is 2.60 bits per heavy atom. The molecule has 4 rings (SSSR count). The van der Waals surface area contributed by atoms with E-state index < -0.39 is 5.91 Å². The molecular formula is C24H24N4O2. The Bertz CT molecular complexity index is 1120. The van der Waals surface area contributed by atoms with Gasteiger partial charge in [-0.05, 0) is 37.5 Å². The summed E-state index contributed by atoms with van der Waals surface area (Å²) in [6, 6.07) is 15.6. The van der Waals surface area contributed by atoms with Crippen LogP contribution in [-0.4, -0.2) is 21.8 Å². The molecule has 1 aliphatic heterocycles. The molecule has 0 spiro atoms. The second-order valence-corrected chi connectivity index (χ2v) is 7.61. The molecule has 2 amide bonds. The first-order valence-corrected chi connectivity index (χ1v) is 10.2. The zero-order valence-corrected chi connectivity index (χ0v) is 17.2. The molecule has 6 heteroatoms. The van der Waals surface area contributed by atoms with Crippen LogP contribution in [0.3, 0.4) is 0 Å². The van der Waals surface area contributed by atoms with E-state index in [1.54, 1.807) is 4.90 Å². The van der Waals surface area contributed by atoms with Gasteiger partial charge in [-0.2, -0.15) is 0 Å². The highest BCUT2D eigenvalue weighted by atomic mass is 16.2. The summed E-state index contributed by atoms with van der Waals surface area (Å²) >= 11 is 0. The number of amides is 2. The molecule has 3 aromatic rings. The largest absolute Gasteiger partial charge is 0.364 e. The highest BCUT2D eigenvalue weighted by Gasteiger charge is 2.35. The van der Waals surface area contributed by atoms with Crippen LogP contribution < -0.4 is 10.6 Å². The number of nitrogens with zero attached hydrogens (tertiary/aromatic N) is 3. The van der Waals surface area contributed by atoms with Crippen LogP contribution in [0.1, 0.15) is 46.9 Å². The molecule has 0 saturated carbocycles. The van der Waals surface area contributed by atoms with Crippen molar-refractivity contribution in [2.75, 3.05) is 4.90 Å². The van der Waals surface area contributed by atoms with Crippen molar-refractivity contribution in [3.8, 4) is 11.4 Å². The van der Waals surface area contributed by atoms with Crippen molar-refractivity contribution >= 4 is 23.3 Å². The number of benzene rings is 2. The first-order valence-electron chi connectivity index (χ1n) is 10.2. The number of carbonyl (C=O) groups excluding carboxylic acids is 2. The SMILES string of the molecule is CCCCc1cccc(N2C(=O)Cc3c(C(N)=O)nc(-c4ccc(C)cc4)nc32)c1. The number of carbonyl (C=O) groups is 2. The highest BCUT2D eigenvalue weighted by molar-refractivity contribution is 6.09. The maximum absolute atomic E-state index is 12.9. The van der Waals surface area contributed by atoms with Gasteiger partial charge in [0.05, 0.1) is 12.1 Å². The summed E-state index contributed by atoms with van der Waals surface area (Å²) in [5.41, 5.74) is 9.99. The lowest BCUT2D eigenvalue weighted by molar-refractivity contribution is -0.116. The average molecular weight is 400 g/mol. The van der Waals surface area contributed by atoms with Crippen LogP contribution in [0.5, 0.6) is 0 Å². The maximum Gasteiger partial charge on any atom is 0.267 e. The van der Waals surface area contributed by atoms with E-state index in [2.05, 4.69) is 23.0 Å². The van der Waals surface area contributed by atoms with Gasteiger partial charge in [-0.1, -0.05) is 55.3 Å². The quantitative estimate of drug-likeness (QED) is 0.674. The van der Waals surface area contributed by atoms with Gasteiger partial charge in [0.25, 0.3) is 5.91 Å². The van der Waals surface area contributed by atoms with Gasteiger partial charge >= 0.3 is 0 Å². The van der Waals surface area contributed by atoms with Gasteiger partial charge < -0.3 is 5.73 Å². The van der Waals surface area contributed by atoms with E-state index in [9.17, 15) is 9.59 Å². The smallest absolute Gasteiger partial charge is 0.267 e. The van der Waals surface area contributed by atoms with Crippen molar-refractivity contribution in [3.63, 3.8) is 0 Å². The van der Waals surface area contributed by atoms with E-state index in [1.165, 1.54) is 5.56 Å². The van der Waals surface area contributed by atoms with Gasteiger partial charge in [0.1, 0.15) is 11.5 Å². The molecule has 2 heterocycles. The van der Waals surface area contributed by atoms with Crippen molar-refractivity contribution in [2.45, 2.75) is 39.5 Å². The van der Waals surface area contributed by atoms with Crippen LogP contribution in [-0.2, 0) is 17.6 Å². The van der Waals surface area contributed by atoms with Gasteiger partial charge in [-0.15, -0.1) is 0 Å². The van der Waals surface area contributed by atoms with Crippen LogP contribution in [0.4, 0.5) is 11.5 Å². The molecule has 0 aliphatic carbocycles. The third-order valence-corrected chi connectivity index (χ3v) is 5.31. The molecule has 1 aromatic heterocycles. The Balaban J connectivity index is 1.83. The molecular weight excluding hydrogens is 376 g/mol. The predicted octanol–water partition coefficient (Wildman–Crippen LogP) is 4.11. The number of hydrogen-bond acceptors (Lipinski definition) is 4. The fourth-order valence-electron chi connectivity index (χ4n) is 3.70. The summed E-state index contributed by atoms with van der Waals surface area (Å²) in [7, 11) is 0. The third kappa shape index (κ3) is 3.68. The molecule has 30 heavy (non-hydrogen) atoms. The summed E-state index contributed by atoms with van der Waals surface area (Å²) in [5.74, 6) is 0.0141. The van der Waals surface area contributed by atoms with Crippen molar-refractivity contribution < 1.29 is 9.59 Å². The number of anilines is 2. The second-order valence-electron chi connectivity index (χ2n) is 7.61. The maximum atomic E-state index is 12.9. The fourth-order valence-corrected chi connectivity index (χ4v) is 3.70. The number of aryl methyl sites for hydroxylation is 2. The number of aromatic nitrogens is 2. The summed E-state index contributed by atoms with van der Waals surface area (Å²) in [6.45, 7) is 4.15. The topological polar surface area (TPSA) is 89.2 Å². The minimum atomic E-state index is -0.659. The first-order chi connectivity index (χ1) is 14.5. The number of nitrogens with two attached hydrogens (primary N) is 1. The Morgan fingerprint density at radius 1 is 1.13 bits per heavy atom. The molecule has 2 N–H and O–H groups in total. The zero-order valence-electron chi connectivity index (χ0n) is 17.2. The van der Waals surface area contributed by atoms with E-state index in [1.807, 2.05) is 49.4 Å². The van der Waals surface area contributed by atoms with E-state index in [4.69, 9.17) is 5.73 Å². The Hall–Kier alpha value is -3.54. The molecule has 0 saturated heterocycles. The number of fused-ring (bicyclic) bond motifs is 1. The van der Waals surface area contributed by atoms with Crippen molar-refractivity contribution in [2.24, 2.45) is 5.73 Å². The summed E-state index contributed by atoms with van der Waals surface area (Å²) in [5, 5.41) is 0. The molecule has 0 unspecified atom stereocenters. The molecule has 0 atom stereocenters. The van der Waals surface area contributed by atoms with E-state index in [0.29, 0.717) is 17.2 Å².